The van der Waals surface area contributed by atoms with Gasteiger partial charge in [0.15, 0.2) is 5.82 Å². The molecule has 0 aliphatic carbocycles. The van der Waals surface area contributed by atoms with Crippen LogP contribution >= 0.6 is 11.3 Å². The highest BCUT2D eigenvalue weighted by molar-refractivity contribution is 7.09. The van der Waals surface area contributed by atoms with Crippen molar-refractivity contribution in [1.82, 2.24) is 30.6 Å². The van der Waals surface area contributed by atoms with Gasteiger partial charge in [0.05, 0.1) is 17.7 Å². The molecule has 2 aromatic heterocycles. The Labute approximate surface area is 103 Å². The van der Waals surface area contributed by atoms with E-state index in [0.29, 0.717) is 12.2 Å². The second-order valence-electron chi connectivity index (χ2n) is 3.82. The van der Waals surface area contributed by atoms with E-state index in [4.69, 9.17) is 5.84 Å². The van der Waals surface area contributed by atoms with E-state index in [9.17, 15) is 0 Å². The van der Waals surface area contributed by atoms with Crippen LogP contribution in [-0.2, 0) is 19.9 Å². The molecule has 0 spiro atoms. The molecule has 0 amide bonds. The molecule has 0 radical (unpaired) electrons. The molecule has 92 valence electrons. The zero-order valence-electron chi connectivity index (χ0n) is 9.79. The first-order valence-corrected chi connectivity index (χ1v) is 6.15. The third-order valence-corrected chi connectivity index (χ3v) is 3.16. The highest BCUT2D eigenvalue weighted by Crippen LogP contribution is 2.10. The molecular formula is C9H15N7S. The number of nitrogens with two attached hydrogens (primary N) is 1. The predicted octanol–water partition coefficient (Wildman–Crippen LogP) is -0.408. The number of nitrogens with zero attached hydrogens (tertiary/aromatic N) is 5. The molecule has 3 N–H and O–H groups in total. The normalized spacial score (nSPS) is 12.9. The number of aromatic nitrogens is 5. The molecule has 0 saturated heterocycles. The van der Waals surface area contributed by atoms with Gasteiger partial charge < -0.3 is 0 Å². The summed E-state index contributed by atoms with van der Waals surface area (Å²) in [5.41, 5.74) is 3.81. The number of hydrogen-bond donors (Lipinski definition) is 2. The molecule has 0 bridgehead atoms. The summed E-state index contributed by atoms with van der Waals surface area (Å²) in [6.45, 7) is 1.99. The van der Waals surface area contributed by atoms with Gasteiger partial charge in [0.2, 0.25) is 0 Å². The summed E-state index contributed by atoms with van der Waals surface area (Å²) in [6.07, 6.45) is 1.40. The first kappa shape index (κ1) is 12.1. The smallest absolute Gasteiger partial charge is 0.176 e. The molecular weight excluding hydrogens is 238 g/mol. The standard InChI is InChI=1S/C9H15N7S/c1-6-11-8(5-17-6)3-7(12-10)4-9-13-15-16(2)14-9/h5,7,12H,3-4,10H2,1-2H3. The van der Waals surface area contributed by atoms with Gasteiger partial charge >= 0.3 is 0 Å². The summed E-state index contributed by atoms with van der Waals surface area (Å²) in [7, 11) is 1.74. The number of rotatable bonds is 5. The lowest BCUT2D eigenvalue weighted by molar-refractivity contribution is 0.506. The summed E-state index contributed by atoms with van der Waals surface area (Å²) in [6, 6.07) is 0.0701. The van der Waals surface area contributed by atoms with Crippen molar-refractivity contribution in [3.63, 3.8) is 0 Å². The van der Waals surface area contributed by atoms with Crippen LogP contribution in [0, 0.1) is 6.92 Å². The SMILES string of the molecule is Cc1nc(CC(Cc2nnn(C)n2)NN)cs1. The van der Waals surface area contributed by atoms with Gasteiger partial charge in [-0.3, -0.25) is 11.3 Å². The number of nitrogens with one attached hydrogen (secondary N) is 1. The van der Waals surface area contributed by atoms with E-state index in [1.54, 1.807) is 18.4 Å². The van der Waals surface area contributed by atoms with Crippen LogP contribution in [0.15, 0.2) is 5.38 Å². The monoisotopic (exact) mass is 253 g/mol. The summed E-state index contributed by atoms with van der Waals surface area (Å²) in [5, 5.41) is 15.0. The maximum absolute atomic E-state index is 5.52. The van der Waals surface area contributed by atoms with Gasteiger partial charge in [0.1, 0.15) is 0 Å². The lowest BCUT2D eigenvalue weighted by Gasteiger charge is -2.11. The van der Waals surface area contributed by atoms with E-state index in [-0.39, 0.29) is 6.04 Å². The molecule has 2 aromatic rings. The first-order chi connectivity index (χ1) is 8.17. The fourth-order valence-electron chi connectivity index (χ4n) is 1.57. The fraction of sp³-hybridized carbons (Fsp3) is 0.556. The minimum atomic E-state index is 0.0701. The third kappa shape index (κ3) is 3.29. The maximum Gasteiger partial charge on any atom is 0.176 e. The average molecular weight is 253 g/mol. The average Bonchev–Trinajstić information content (AvgIpc) is 2.87. The van der Waals surface area contributed by atoms with Crippen LogP contribution in [0.2, 0.25) is 0 Å². The van der Waals surface area contributed by atoms with Crippen LogP contribution < -0.4 is 11.3 Å². The molecule has 1 atom stereocenters. The Hall–Kier alpha value is -1.38. The lowest BCUT2D eigenvalue weighted by Crippen LogP contribution is -2.38. The molecule has 0 saturated carbocycles. The van der Waals surface area contributed by atoms with Gasteiger partial charge in [0, 0.05) is 24.3 Å². The number of hydrogen-bond acceptors (Lipinski definition) is 7. The topological polar surface area (TPSA) is 94.5 Å². The molecule has 7 nitrogen and oxygen atoms in total. The molecule has 2 rings (SSSR count). The second-order valence-corrected chi connectivity index (χ2v) is 4.89. The summed E-state index contributed by atoms with van der Waals surface area (Å²) in [5.74, 6) is 6.21. The van der Waals surface area contributed by atoms with E-state index in [0.717, 1.165) is 17.1 Å². The lowest BCUT2D eigenvalue weighted by atomic mass is 10.1. The Morgan fingerprint density at radius 1 is 1.53 bits per heavy atom. The van der Waals surface area contributed by atoms with Crippen LogP contribution in [0.25, 0.3) is 0 Å². The van der Waals surface area contributed by atoms with Gasteiger partial charge in [-0.05, 0) is 12.1 Å². The quantitative estimate of drug-likeness (QED) is 0.556. The summed E-state index contributed by atoms with van der Waals surface area (Å²) < 4.78 is 0. The van der Waals surface area contributed by atoms with Gasteiger partial charge in [-0.2, -0.15) is 4.80 Å². The fourth-order valence-corrected chi connectivity index (χ4v) is 2.20. The number of hydrazine groups is 1. The van der Waals surface area contributed by atoms with Gasteiger partial charge in [-0.15, -0.1) is 21.5 Å². The van der Waals surface area contributed by atoms with E-state index >= 15 is 0 Å². The largest absolute Gasteiger partial charge is 0.271 e. The van der Waals surface area contributed by atoms with Crippen molar-refractivity contribution in [2.24, 2.45) is 12.9 Å². The summed E-state index contributed by atoms with van der Waals surface area (Å²) >= 11 is 1.64. The Morgan fingerprint density at radius 3 is 2.88 bits per heavy atom. The van der Waals surface area contributed by atoms with Gasteiger partial charge in [-0.25, -0.2) is 4.98 Å². The highest BCUT2D eigenvalue weighted by atomic mass is 32.1. The molecule has 0 aliphatic rings. The van der Waals surface area contributed by atoms with Crippen molar-refractivity contribution < 1.29 is 0 Å². The van der Waals surface area contributed by atoms with Crippen LogP contribution in [0.3, 0.4) is 0 Å². The van der Waals surface area contributed by atoms with Crippen LogP contribution in [-0.4, -0.2) is 31.2 Å². The van der Waals surface area contributed by atoms with Crippen molar-refractivity contribution in [3.05, 3.63) is 21.9 Å². The predicted molar refractivity (Wildman–Crippen MR) is 64.2 cm³/mol. The number of thiazole rings is 1. The van der Waals surface area contributed by atoms with Crippen molar-refractivity contribution >= 4 is 11.3 Å². The van der Waals surface area contributed by atoms with Crippen molar-refractivity contribution in [1.29, 1.82) is 0 Å². The minimum Gasteiger partial charge on any atom is -0.271 e. The van der Waals surface area contributed by atoms with E-state index < -0.39 is 0 Å². The highest BCUT2D eigenvalue weighted by Gasteiger charge is 2.13. The van der Waals surface area contributed by atoms with Crippen LogP contribution in [0.5, 0.6) is 0 Å². The van der Waals surface area contributed by atoms with Crippen molar-refractivity contribution in [2.45, 2.75) is 25.8 Å². The van der Waals surface area contributed by atoms with Crippen molar-refractivity contribution in [3.8, 4) is 0 Å². The first-order valence-electron chi connectivity index (χ1n) is 5.27. The molecule has 8 heteroatoms. The third-order valence-electron chi connectivity index (χ3n) is 2.34. The molecule has 0 aromatic carbocycles. The van der Waals surface area contributed by atoms with Crippen molar-refractivity contribution in [2.75, 3.05) is 0 Å². The zero-order chi connectivity index (χ0) is 12.3. The zero-order valence-corrected chi connectivity index (χ0v) is 10.6. The minimum absolute atomic E-state index is 0.0701. The Bertz CT molecular complexity index is 435. The van der Waals surface area contributed by atoms with E-state index in [2.05, 4.69) is 25.8 Å². The van der Waals surface area contributed by atoms with Crippen LogP contribution in [0.4, 0.5) is 0 Å². The van der Waals surface area contributed by atoms with E-state index in [1.165, 1.54) is 4.80 Å². The van der Waals surface area contributed by atoms with Crippen LogP contribution in [0.1, 0.15) is 16.5 Å². The van der Waals surface area contributed by atoms with Gasteiger partial charge in [-0.1, -0.05) is 0 Å². The molecule has 2 heterocycles. The molecule has 1 unspecified atom stereocenters. The maximum atomic E-state index is 5.52. The van der Waals surface area contributed by atoms with Gasteiger partial charge in [0.25, 0.3) is 0 Å². The Morgan fingerprint density at radius 2 is 2.35 bits per heavy atom. The summed E-state index contributed by atoms with van der Waals surface area (Å²) in [4.78, 5) is 5.85. The molecule has 0 fully saturated rings. The Balaban J connectivity index is 1.97. The molecule has 17 heavy (non-hydrogen) atoms. The number of aryl methyl sites for hydroxylation is 2. The Kier molecular flexibility index (Phi) is 3.77. The second kappa shape index (κ2) is 5.30. The number of tetrazole rings is 1. The molecule has 0 aliphatic heterocycles. The van der Waals surface area contributed by atoms with E-state index in [1.807, 2.05) is 12.3 Å².